The van der Waals surface area contributed by atoms with Crippen molar-refractivity contribution in [3.05, 3.63) is 0 Å². The van der Waals surface area contributed by atoms with E-state index in [0.29, 0.717) is 70.8 Å². The topological polar surface area (TPSA) is 147 Å². The number of hydrogen-bond donors (Lipinski definition) is 4. The number of halogens is 1. The van der Waals surface area contributed by atoms with Gasteiger partial charge in [0.1, 0.15) is 5.88 Å². The molecule has 224 valence electrons. The van der Waals surface area contributed by atoms with Gasteiger partial charge in [-0.3, -0.25) is 14.4 Å². The standard InChI is InChI=1S/C25H44ClN5O7S/c1-31(23(34)7-3-2-6-20-24-19(18-39-20)29-25(35)30-24)17-22(33)28-9-5-11-37-13-15-38-14-12-36-10-4-8-27-21(32)16-26/h19-20,24H,2-18H2,1H3,(H,27,32)(H,28,33)(H2,29,30,35)/t19-,20-,24-/m0/s1. The molecule has 4 N–H and O–H groups in total. The fourth-order valence-corrected chi connectivity index (χ4v) is 5.85. The van der Waals surface area contributed by atoms with Gasteiger partial charge in [0.2, 0.25) is 17.7 Å². The van der Waals surface area contributed by atoms with Crippen LogP contribution in [0.15, 0.2) is 0 Å². The first-order valence-electron chi connectivity index (χ1n) is 13.7. The Morgan fingerprint density at radius 1 is 0.923 bits per heavy atom. The molecule has 2 heterocycles. The summed E-state index contributed by atoms with van der Waals surface area (Å²) in [6, 6.07) is 0.327. The summed E-state index contributed by atoms with van der Waals surface area (Å²) >= 11 is 7.26. The van der Waals surface area contributed by atoms with Crippen molar-refractivity contribution in [1.82, 2.24) is 26.2 Å². The number of rotatable bonds is 22. The van der Waals surface area contributed by atoms with Crippen LogP contribution in [0.5, 0.6) is 0 Å². The molecule has 0 unspecified atom stereocenters. The number of urea groups is 1. The first-order valence-corrected chi connectivity index (χ1v) is 15.2. The Morgan fingerprint density at radius 2 is 1.54 bits per heavy atom. The number of alkyl halides is 1. The summed E-state index contributed by atoms with van der Waals surface area (Å²) in [5, 5.41) is 11.8. The molecule has 0 aromatic carbocycles. The molecule has 14 heteroatoms. The van der Waals surface area contributed by atoms with Crippen molar-refractivity contribution in [1.29, 1.82) is 0 Å². The van der Waals surface area contributed by atoms with Crippen molar-refractivity contribution < 1.29 is 33.4 Å². The molecule has 2 fully saturated rings. The molecular weight excluding hydrogens is 550 g/mol. The largest absolute Gasteiger partial charge is 0.379 e. The molecule has 0 aliphatic carbocycles. The summed E-state index contributed by atoms with van der Waals surface area (Å²) < 4.78 is 16.3. The molecule has 2 rings (SSSR count). The number of thioether (sulfide) groups is 1. The van der Waals surface area contributed by atoms with E-state index in [9.17, 15) is 19.2 Å². The summed E-state index contributed by atoms with van der Waals surface area (Å²) in [5.41, 5.74) is 0. The second-order valence-corrected chi connectivity index (χ2v) is 11.0. The van der Waals surface area contributed by atoms with Crippen LogP contribution < -0.4 is 21.3 Å². The molecule has 0 aromatic rings. The van der Waals surface area contributed by atoms with E-state index < -0.39 is 0 Å². The fraction of sp³-hybridized carbons (Fsp3) is 0.840. The second-order valence-electron chi connectivity index (χ2n) is 9.50. The van der Waals surface area contributed by atoms with Gasteiger partial charge in [0.15, 0.2) is 0 Å². The van der Waals surface area contributed by atoms with Gasteiger partial charge in [-0.2, -0.15) is 11.8 Å². The van der Waals surface area contributed by atoms with Crippen molar-refractivity contribution in [2.75, 3.05) is 78.0 Å². The van der Waals surface area contributed by atoms with E-state index in [0.717, 1.165) is 31.4 Å². The van der Waals surface area contributed by atoms with E-state index >= 15 is 0 Å². The SMILES string of the molecule is CN(CC(=O)NCCCOCCOCCOCCCNC(=O)CCl)C(=O)CCCC[C@@H]1SC[C@@H]2NC(=O)N[C@@H]21. The maximum atomic E-state index is 12.4. The molecule has 0 bridgehead atoms. The van der Waals surface area contributed by atoms with Gasteiger partial charge in [0, 0.05) is 50.8 Å². The first-order chi connectivity index (χ1) is 18.9. The normalized spacial score (nSPS) is 19.7. The number of nitrogens with one attached hydrogen (secondary N) is 4. The number of fused-ring (bicyclic) bond motifs is 1. The van der Waals surface area contributed by atoms with Crippen LogP contribution in [0, 0.1) is 0 Å². The molecule has 2 saturated heterocycles. The van der Waals surface area contributed by atoms with Crippen molar-refractivity contribution >= 4 is 47.1 Å². The van der Waals surface area contributed by atoms with Crippen LogP contribution in [0.1, 0.15) is 38.5 Å². The van der Waals surface area contributed by atoms with E-state index in [1.54, 1.807) is 7.05 Å². The van der Waals surface area contributed by atoms with E-state index in [-0.39, 0.29) is 48.3 Å². The number of nitrogens with zero attached hydrogens (tertiary/aromatic N) is 1. The first kappa shape index (κ1) is 33.4. The third-order valence-electron chi connectivity index (χ3n) is 6.31. The van der Waals surface area contributed by atoms with Crippen molar-refractivity contribution in [3.63, 3.8) is 0 Å². The van der Waals surface area contributed by atoms with Crippen molar-refractivity contribution in [2.24, 2.45) is 0 Å². The average Bonchev–Trinajstić information content (AvgIpc) is 3.47. The Labute approximate surface area is 240 Å². The number of carbonyl (C=O) groups excluding carboxylic acids is 4. The summed E-state index contributed by atoms with van der Waals surface area (Å²) in [6.45, 7) is 3.97. The lowest BCUT2D eigenvalue weighted by atomic mass is 10.0. The van der Waals surface area contributed by atoms with Crippen molar-refractivity contribution in [3.8, 4) is 0 Å². The lowest BCUT2D eigenvalue weighted by Gasteiger charge is -2.18. The van der Waals surface area contributed by atoms with Crippen LogP contribution in [0.4, 0.5) is 4.79 Å². The second kappa shape index (κ2) is 20.1. The van der Waals surface area contributed by atoms with Gasteiger partial charge >= 0.3 is 6.03 Å². The minimum absolute atomic E-state index is 0.0312. The van der Waals surface area contributed by atoms with Crippen molar-refractivity contribution in [2.45, 2.75) is 55.9 Å². The van der Waals surface area contributed by atoms with Gasteiger partial charge in [0.25, 0.3) is 0 Å². The summed E-state index contributed by atoms with van der Waals surface area (Å²) in [4.78, 5) is 48.3. The molecule has 3 atom stereocenters. The number of carbonyl (C=O) groups is 4. The lowest BCUT2D eigenvalue weighted by molar-refractivity contribution is -0.134. The molecule has 5 amide bonds. The predicted molar refractivity (Wildman–Crippen MR) is 150 cm³/mol. The van der Waals surface area contributed by atoms with Crippen LogP contribution in [0.2, 0.25) is 0 Å². The van der Waals surface area contributed by atoms with Crippen LogP contribution in [0.3, 0.4) is 0 Å². The maximum Gasteiger partial charge on any atom is 0.315 e. The molecule has 0 spiro atoms. The third-order valence-corrected chi connectivity index (χ3v) is 8.07. The molecule has 0 aromatic heterocycles. The highest BCUT2D eigenvalue weighted by atomic mass is 35.5. The quantitative estimate of drug-likeness (QED) is 0.0805. The van der Waals surface area contributed by atoms with Gasteiger partial charge in [-0.05, 0) is 25.7 Å². The summed E-state index contributed by atoms with van der Waals surface area (Å²) in [7, 11) is 1.65. The molecule has 0 saturated carbocycles. The number of hydrogen-bond acceptors (Lipinski definition) is 8. The van der Waals surface area contributed by atoms with Gasteiger partial charge in [-0.25, -0.2) is 4.79 Å². The Hall–Kier alpha value is -1.80. The Morgan fingerprint density at radius 3 is 2.18 bits per heavy atom. The maximum absolute atomic E-state index is 12.4. The van der Waals surface area contributed by atoms with Crippen LogP contribution in [-0.4, -0.2) is 124 Å². The smallest absolute Gasteiger partial charge is 0.315 e. The lowest BCUT2D eigenvalue weighted by Crippen LogP contribution is -2.38. The molecule has 2 aliphatic heterocycles. The Kier molecular flexibility index (Phi) is 17.2. The van der Waals surface area contributed by atoms with E-state index in [1.165, 1.54) is 4.90 Å². The third kappa shape index (κ3) is 14.4. The number of unbranched alkanes of at least 4 members (excludes halogenated alkanes) is 1. The number of ether oxygens (including phenoxy) is 3. The molecule has 39 heavy (non-hydrogen) atoms. The Bertz CT molecular complexity index is 766. The van der Waals surface area contributed by atoms with Gasteiger partial charge in [-0.1, -0.05) is 6.42 Å². The Balaban J connectivity index is 1.34. The zero-order chi connectivity index (χ0) is 28.3. The van der Waals surface area contributed by atoms with E-state index in [1.807, 2.05) is 11.8 Å². The van der Waals surface area contributed by atoms with Gasteiger partial charge < -0.3 is 40.4 Å². The molecular formula is C25H44ClN5O7S. The van der Waals surface area contributed by atoms with Gasteiger partial charge in [-0.15, -0.1) is 11.6 Å². The zero-order valence-corrected chi connectivity index (χ0v) is 24.4. The number of amides is 5. The highest BCUT2D eigenvalue weighted by Gasteiger charge is 2.42. The molecule has 2 aliphatic rings. The highest BCUT2D eigenvalue weighted by molar-refractivity contribution is 8.00. The predicted octanol–water partition coefficient (Wildman–Crippen LogP) is 0.472. The molecule has 12 nitrogen and oxygen atoms in total. The van der Waals surface area contributed by atoms with E-state index in [2.05, 4.69) is 21.3 Å². The van der Waals surface area contributed by atoms with Crippen LogP contribution >= 0.6 is 23.4 Å². The fourth-order valence-electron chi connectivity index (χ4n) is 4.21. The summed E-state index contributed by atoms with van der Waals surface area (Å²) in [6.07, 6.45) is 4.45. The van der Waals surface area contributed by atoms with E-state index in [4.69, 9.17) is 25.8 Å². The molecule has 0 radical (unpaired) electrons. The minimum atomic E-state index is -0.187. The van der Waals surface area contributed by atoms with Crippen LogP contribution in [-0.2, 0) is 28.6 Å². The van der Waals surface area contributed by atoms with Gasteiger partial charge in [0.05, 0.1) is 45.1 Å². The zero-order valence-electron chi connectivity index (χ0n) is 22.8. The average molecular weight is 594 g/mol. The highest BCUT2D eigenvalue weighted by Crippen LogP contribution is 2.33. The summed E-state index contributed by atoms with van der Waals surface area (Å²) in [5.74, 6) is 0.494. The monoisotopic (exact) mass is 593 g/mol. The van der Waals surface area contributed by atoms with Crippen LogP contribution in [0.25, 0.3) is 0 Å². The number of likely N-dealkylation sites (N-methyl/N-ethyl adjacent to an activating group) is 1. The minimum Gasteiger partial charge on any atom is -0.379 e.